The Balaban J connectivity index is 2.23. The van der Waals surface area contributed by atoms with Gasteiger partial charge >= 0.3 is 12.1 Å². The highest BCUT2D eigenvalue weighted by molar-refractivity contribution is 14.1. The summed E-state index contributed by atoms with van der Waals surface area (Å²) in [5.74, 6) is -6.47. The maximum absolute atomic E-state index is 12.9. The first kappa shape index (κ1) is 16.8. The fourth-order valence-electron chi connectivity index (χ4n) is 1.86. The smallest absolute Gasteiger partial charge is 0.269 e. The molecule has 0 bridgehead atoms. The zero-order chi connectivity index (χ0) is 16.7. The van der Waals surface area contributed by atoms with Crippen molar-refractivity contribution in [2.24, 2.45) is 0 Å². The fraction of sp³-hybridized carbons (Fsp3) is 0.231. The zero-order valence-corrected chi connectivity index (χ0v) is 12.8. The molecule has 1 aromatic carbocycles. The molecule has 0 aliphatic carbocycles. The van der Waals surface area contributed by atoms with Gasteiger partial charge in [-0.25, -0.2) is 0 Å². The van der Waals surface area contributed by atoms with E-state index in [1.807, 2.05) is 0 Å². The normalized spacial score (nSPS) is 16.3. The van der Waals surface area contributed by atoms with Crippen LogP contribution in [-0.2, 0) is 0 Å². The van der Waals surface area contributed by atoms with Crippen LogP contribution in [0.2, 0.25) is 0 Å². The molecule has 2 amide bonds. The fourth-order valence-corrected chi connectivity index (χ4v) is 2.59. The third kappa shape index (κ3) is 2.99. The number of hydrogen-bond donors (Lipinski definition) is 0. The predicted molar refractivity (Wildman–Crippen MR) is 74.9 cm³/mol. The number of nitrogens with zero attached hydrogens (tertiary/aromatic N) is 1. The molecule has 1 heterocycles. The average molecular weight is 431 g/mol. The van der Waals surface area contributed by atoms with Crippen molar-refractivity contribution >= 4 is 34.4 Å². The molecule has 0 atom stereocenters. The van der Waals surface area contributed by atoms with Gasteiger partial charge in [-0.05, 0) is 34.7 Å². The van der Waals surface area contributed by atoms with Gasteiger partial charge in [0.25, 0.3) is 11.8 Å². The van der Waals surface area contributed by atoms with Gasteiger partial charge in [-0.1, -0.05) is 12.1 Å². The van der Waals surface area contributed by atoms with Crippen molar-refractivity contribution in [3.63, 3.8) is 0 Å². The summed E-state index contributed by atoms with van der Waals surface area (Å²) in [5, 5.41) is 0. The number of imide groups is 1. The number of alkyl halides is 5. The van der Waals surface area contributed by atoms with Gasteiger partial charge in [-0.15, -0.1) is 0 Å². The molecule has 1 aliphatic heterocycles. The lowest BCUT2D eigenvalue weighted by molar-refractivity contribution is -0.259. The van der Waals surface area contributed by atoms with Crippen LogP contribution in [0.15, 0.2) is 33.9 Å². The van der Waals surface area contributed by atoms with E-state index in [2.05, 4.69) is 0 Å². The van der Waals surface area contributed by atoms with Gasteiger partial charge in [0.2, 0.25) is 0 Å². The van der Waals surface area contributed by atoms with Gasteiger partial charge < -0.3 is 0 Å². The highest BCUT2D eigenvalue weighted by atomic mass is 127. The third-order valence-corrected chi connectivity index (χ3v) is 3.56. The van der Waals surface area contributed by atoms with E-state index in [0.717, 1.165) is 0 Å². The zero-order valence-electron chi connectivity index (χ0n) is 10.6. The van der Waals surface area contributed by atoms with Crippen LogP contribution < -0.4 is 0 Å². The van der Waals surface area contributed by atoms with E-state index in [-0.39, 0.29) is 17.2 Å². The number of carbonyl (C=O) groups excluding carboxylic acids is 2. The van der Waals surface area contributed by atoms with Gasteiger partial charge in [0.1, 0.15) is 0 Å². The Labute approximate surface area is 134 Å². The van der Waals surface area contributed by atoms with Crippen molar-refractivity contribution < 1.29 is 31.5 Å². The first-order valence-corrected chi connectivity index (χ1v) is 6.89. The number of hydrogen-bond acceptors (Lipinski definition) is 2. The molecule has 0 N–H and O–H groups in total. The highest BCUT2D eigenvalue weighted by Gasteiger charge is 2.56. The van der Waals surface area contributed by atoms with Gasteiger partial charge in [-0.2, -0.15) is 22.0 Å². The molecule has 3 nitrogen and oxygen atoms in total. The van der Waals surface area contributed by atoms with Crippen LogP contribution >= 0.6 is 22.6 Å². The van der Waals surface area contributed by atoms with Crippen LogP contribution in [0.4, 0.5) is 22.0 Å². The van der Waals surface area contributed by atoms with Crippen LogP contribution in [0.1, 0.15) is 20.7 Å². The van der Waals surface area contributed by atoms with Crippen LogP contribution in [0.3, 0.4) is 0 Å². The molecular weight excluding hydrogens is 424 g/mol. The van der Waals surface area contributed by atoms with E-state index >= 15 is 0 Å². The monoisotopic (exact) mass is 431 g/mol. The van der Waals surface area contributed by atoms with Gasteiger partial charge in [0.05, 0.1) is 17.7 Å². The summed E-state index contributed by atoms with van der Waals surface area (Å²) in [4.78, 5) is 24.6. The number of halogens is 6. The van der Waals surface area contributed by atoms with Gasteiger partial charge in [0, 0.05) is 9.66 Å². The number of amides is 2. The molecule has 22 heavy (non-hydrogen) atoms. The maximum Gasteiger partial charge on any atom is 0.457 e. The summed E-state index contributed by atoms with van der Waals surface area (Å²) in [5.41, 5.74) is 0.193. The van der Waals surface area contributed by atoms with E-state index in [9.17, 15) is 31.5 Å². The third-order valence-electron chi connectivity index (χ3n) is 2.90. The largest absolute Gasteiger partial charge is 0.457 e. The Morgan fingerprint density at radius 2 is 1.50 bits per heavy atom. The number of fused-ring (bicyclic) bond motifs is 1. The minimum atomic E-state index is -5.73. The summed E-state index contributed by atoms with van der Waals surface area (Å²) in [6.07, 6.45) is -6.03. The average Bonchev–Trinajstić information content (AvgIpc) is 2.63. The van der Waals surface area contributed by atoms with Gasteiger partial charge in [0.15, 0.2) is 0 Å². The summed E-state index contributed by atoms with van der Waals surface area (Å²) in [6.45, 7) is -0.640. The molecule has 0 saturated heterocycles. The molecular formula is C13H7F5INO2. The Morgan fingerprint density at radius 3 is 1.91 bits per heavy atom. The Kier molecular flexibility index (Phi) is 4.28. The minimum absolute atomic E-state index is 0.0966. The van der Waals surface area contributed by atoms with Crippen LogP contribution in [-0.4, -0.2) is 35.4 Å². The van der Waals surface area contributed by atoms with Crippen LogP contribution in [0.5, 0.6) is 0 Å². The lowest BCUT2D eigenvalue weighted by Gasteiger charge is -2.18. The van der Waals surface area contributed by atoms with Crippen molar-refractivity contribution in [1.82, 2.24) is 4.90 Å². The second-order valence-electron chi connectivity index (χ2n) is 4.45. The maximum atomic E-state index is 12.9. The Morgan fingerprint density at radius 1 is 1.05 bits per heavy atom. The standard InChI is InChI=1S/C13H7F5INO2/c14-12(15,13(16,17)18)5-7(19)6-20-10(21)8-3-1-2-4-9(8)11(20)22/h1-5H,6H2. The SMILES string of the molecule is O=C1c2ccccc2C(=O)N1CC(I)=CC(F)(F)C(F)(F)F. The van der Waals surface area contributed by atoms with E-state index in [0.29, 0.717) is 4.90 Å². The molecule has 2 rings (SSSR count). The second kappa shape index (κ2) is 5.60. The van der Waals surface area contributed by atoms with Crippen LogP contribution in [0.25, 0.3) is 0 Å². The number of benzene rings is 1. The second-order valence-corrected chi connectivity index (χ2v) is 5.84. The summed E-state index contributed by atoms with van der Waals surface area (Å²) < 4.78 is 61.8. The van der Waals surface area contributed by atoms with Crippen molar-refractivity contribution in [3.8, 4) is 0 Å². The van der Waals surface area contributed by atoms with Crippen molar-refractivity contribution in [3.05, 3.63) is 45.0 Å². The van der Waals surface area contributed by atoms with E-state index in [1.165, 1.54) is 46.9 Å². The molecule has 0 unspecified atom stereocenters. The molecule has 0 fully saturated rings. The first-order chi connectivity index (χ1) is 10.0. The van der Waals surface area contributed by atoms with E-state index < -0.39 is 34.0 Å². The van der Waals surface area contributed by atoms with Crippen molar-refractivity contribution in [2.45, 2.75) is 12.1 Å². The molecule has 0 saturated carbocycles. The Hall–Kier alpha value is -1.52. The first-order valence-electron chi connectivity index (χ1n) is 5.81. The predicted octanol–water partition coefficient (Wildman–Crippen LogP) is 3.80. The van der Waals surface area contributed by atoms with Crippen LogP contribution in [0, 0.1) is 0 Å². The topological polar surface area (TPSA) is 37.4 Å². The Bertz CT molecular complexity index is 634. The van der Waals surface area contributed by atoms with E-state index in [4.69, 9.17) is 0 Å². The molecule has 0 spiro atoms. The number of rotatable bonds is 3. The number of allylic oxidation sites excluding steroid dienone is 1. The summed E-state index contributed by atoms with van der Waals surface area (Å²) in [7, 11) is 0. The van der Waals surface area contributed by atoms with E-state index in [1.54, 1.807) is 0 Å². The lowest BCUT2D eigenvalue weighted by atomic mass is 10.1. The van der Waals surface area contributed by atoms with Crippen molar-refractivity contribution in [2.75, 3.05) is 6.54 Å². The summed E-state index contributed by atoms with van der Waals surface area (Å²) >= 11 is 1.25. The molecule has 0 aromatic heterocycles. The number of carbonyl (C=O) groups is 2. The molecule has 1 aliphatic rings. The highest BCUT2D eigenvalue weighted by Crippen LogP contribution is 2.38. The molecule has 0 radical (unpaired) electrons. The minimum Gasteiger partial charge on any atom is -0.269 e. The van der Waals surface area contributed by atoms with Gasteiger partial charge in [-0.3, -0.25) is 14.5 Å². The summed E-state index contributed by atoms with van der Waals surface area (Å²) in [6, 6.07) is 5.81. The molecule has 118 valence electrons. The molecule has 1 aromatic rings. The quantitative estimate of drug-likeness (QED) is 0.415. The molecule has 9 heteroatoms. The lowest BCUT2D eigenvalue weighted by Crippen LogP contribution is -2.36. The van der Waals surface area contributed by atoms with Crippen molar-refractivity contribution in [1.29, 1.82) is 0 Å².